The van der Waals surface area contributed by atoms with Crippen LogP contribution in [-0.4, -0.2) is 41.9 Å². The molecule has 1 saturated carbocycles. The Morgan fingerprint density at radius 3 is 2.33 bits per heavy atom. The second-order valence-corrected chi connectivity index (χ2v) is 8.55. The van der Waals surface area contributed by atoms with Gasteiger partial charge in [0.05, 0.1) is 5.41 Å². The molecule has 0 N–H and O–H groups in total. The molecule has 0 unspecified atom stereocenters. The van der Waals surface area contributed by atoms with Gasteiger partial charge in [-0.1, -0.05) is 40.2 Å². The second kappa shape index (κ2) is 7.72. The number of carbonyl (C=O) groups is 1. The van der Waals surface area contributed by atoms with E-state index in [4.69, 9.17) is 0 Å². The first-order valence-corrected chi connectivity index (χ1v) is 10.4. The molecule has 0 radical (unpaired) electrons. The number of nitrogens with zero attached hydrogens (tertiary/aromatic N) is 2. The second-order valence-electron chi connectivity index (χ2n) is 7.64. The van der Waals surface area contributed by atoms with E-state index in [-0.39, 0.29) is 17.1 Å². The molecule has 2 aromatic rings. The van der Waals surface area contributed by atoms with Crippen molar-refractivity contribution in [1.29, 1.82) is 0 Å². The van der Waals surface area contributed by atoms with Gasteiger partial charge in [-0.25, -0.2) is 4.39 Å². The van der Waals surface area contributed by atoms with Gasteiger partial charge in [-0.3, -0.25) is 9.69 Å². The predicted molar refractivity (Wildman–Crippen MR) is 108 cm³/mol. The van der Waals surface area contributed by atoms with Crippen molar-refractivity contribution < 1.29 is 9.18 Å². The van der Waals surface area contributed by atoms with Crippen LogP contribution < -0.4 is 0 Å². The van der Waals surface area contributed by atoms with Crippen LogP contribution in [0.5, 0.6) is 0 Å². The Labute approximate surface area is 168 Å². The van der Waals surface area contributed by atoms with E-state index < -0.39 is 0 Å². The van der Waals surface area contributed by atoms with E-state index >= 15 is 0 Å². The summed E-state index contributed by atoms with van der Waals surface area (Å²) in [4.78, 5) is 17.7. The average Bonchev–Trinajstić information content (AvgIpc) is 3.49. The lowest BCUT2D eigenvalue weighted by Gasteiger charge is -2.27. The van der Waals surface area contributed by atoms with Gasteiger partial charge in [0.1, 0.15) is 5.82 Å². The first-order valence-electron chi connectivity index (χ1n) is 9.59. The van der Waals surface area contributed by atoms with Gasteiger partial charge in [0.25, 0.3) is 0 Å². The summed E-state index contributed by atoms with van der Waals surface area (Å²) in [6.45, 7) is 4.21. The van der Waals surface area contributed by atoms with Crippen molar-refractivity contribution in [2.75, 3.05) is 26.2 Å². The third-order valence-electron chi connectivity index (χ3n) is 5.75. The number of hydrogen-bond acceptors (Lipinski definition) is 2. The van der Waals surface area contributed by atoms with E-state index in [2.05, 4.69) is 37.9 Å². The maximum Gasteiger partial charge on any atom is 0.233 e. The van der Waals surface area contributed by atoms with Crippen molar-refractivity contribution in [2.24, 2.45) is 0 Å². The largest absolute Gasteiger partial charge is 0.341 e. The molecule has 1 amide bonds. The lowest BCUT2D eigenvalue weighted by molar-refractivity contribution is -0.133. The first kappa shape index (κ1) is 18.6. The van der Waals surface area contributed by atoms with Crippen molar-refractivity contribution in [1.82, 2.24) is 9.80 Å². The van der Waals surface area contributed by atoms with Crippen LogP contribution in [0.3, 0.4) is 0 Å². The van der Waals surface area contributed by atoms with Gasteiger partial charge >= 0.3 is 0 Å². The minimum Gasteiger partial charge on any atom is -0.341 e. The van der Waals surface area contributed by atoms with Crippen molar-refractivity contribution in [3.8, 4) is 0 Å². The maximum atomic E-state index is 13.3. The number of carbonyl (C=O) groups excluding carboxylic acids is 1. The zero-order chi connectivity index (χ0) is 18.9. The Hall–Kier alpha value is -1.72. The SMILES string of the molecule is O=C(N1CCCN(Cc2ccc(F)cc2)CC1)C1(c2ccc(Br)cc2)CC1. The third-order valence-corrected chi connectivity index (χ3v) is 6.28. The number of halogens is 2. The molecule has 0 spiro atoms. The molecule has 4 rings (SSSR count). The smallest absolute Gasteiger partial charge is 0.233 e. The lowest BCUT2D eigenvalue weighted by atomic mass is 9.94. The number of benzene rings is 2. The minimum atomic E-state index is -0.299. The van der Waals surface area contributed by atoms with E-state index in [0.29, 0.717) is 0 Å². The topological polar surface area (TPSA) is 23.6 Å². The van der Waals surface area contributed by atoms with E-state index in [1.807, 2.05) is 24.3 Å². The molecule has 2 fully saturated rings. The Kier molecular flexibility index (Phi) is 5.33. The Balaban J connectivity index is 1.40. The summed E-state index contributed by atoms with van der Waals surface area (Å²) < 4.78 is 14.1. The molecule has 0 atom stereocenters. The van der Waals surface area contributed by atoms with Gasteiger partial charge < -0.3 is 4.90 Å². The average molecular weight is 431 g/mol. The van der Waals surface area contributed by atoms with Crippen molar-refractivity contribution in [2.45, 2.75) is 31.2 Å². The molecule has 142 valence electrons. The highest BCUT2D eigenvalue weighted by Gasteiger charge is 2.52. The maximum absolute atomic E-state index is 13.3. The van der Waals surface area contributed by atoms with Crippen LogP contribution in [0.15, 0.2) is 53.0 Å². The molecule has 5 heteroatoms. The third kappa shape index (κ3) is 4.09. The van der Waals surface area contributed by atoms with Crippen LogP contribution in [0, 0.1) is 5.82 Å². The van der Waals surface area contributed by atoms with Crippen molar-refractivity contribution >= 4 is 21.8 Å². The summed E-state index contributed by atoms with van der Waals surface area (Å²) in [5, 5.41) is 0. The fourth-order valence-corrected chi connectivity index (χ4v) is 4.27. The highest BCUT2D eigenvalue weighted by molar-refractivity contribution is 9.10. The van der Waals surface area contributed by atoms with Crippen LogP contribution >= 0.6 is 15.9 Å². The molecule has 2 aliphatic rings. The fraction of sp³-hybridized carbons (Fsp3) is 0.409. The summed E-state index contributed by atoms with van der Waals surface area (Å²) in [6.07, 6.45) is 2.87. The van der Waals surface area contributed by atoms with Crippen molar-refractivity contribution in [3.05, 3.63) is 69.9 Å². The highest BCUT2D eigenvalue weighted by Crippen LogP contribution is 2.49. The summed E-state index contributed by atoms with van der Waals surface area (Å²) >= 11 is 3.47. The van der Waals surface area contributed by atoms with Gasteiger partial charge in [-0.05, 0) is 54.7 Å². The summed E-state index contributed by atoms with van der Waals surface area (Å²) in [5.41, 5.74) is 1.96. The van der Waals surface area contributed by atoms with E-state index in [1.165, 1.54) is 12.1 Å². The van der Waals surface area contributed by atoms with Crippen molar-refractivity contribution in [3.63, 3.8) is 0 Å². The van der Waals surface area contributed by atoms with E-state index in [9.17, 15) is 9.18 Å². The van der Waals surface area contributed by atoms with Crippen LogP contribution in [-0.2, 0) is 16.8 Å². The molecule has 0 bridgehead atoms. The van der Waals surface area contributed by atoms with Crippen LogP contribution in [0.2, 0.25) is 0 Å². The molecule has 3 nitrogen and oxygen atoms in total. The van der Waals surface area contributed by atoms with Crippen LogP contribution in [0.25, 0.3) is 0 Å². The molecular weight excluding hydrogens is 407 g/mol. The number of rotatable bonds is 4. The first-order chi connectivity index (χ1) is 13.1. The predicted octanol–water partition coefficient (Wildman–Crippen LogP) is 4.35. The monoisotopic (exact) mass is 430 g/mol. The number of amides is 1. The molecule has 1 aliphatic heterocycles. The molecule has 1 aliphatic carbocycles. The quantitative estimate of drug-likeness (QED) is 0.719. The zero-order valence-corrected chi connectivity index (χ0v) is 16.9. The Bertz CT molecular complexity index is 802. The molecule has 1 saturated heterocycles. The standard InChI is InChI=1S/C22H24BrFN2O/c23-19-6-4-18(5-7-19)22(10-11-22)21(27)26-13-1-12-25(14-15-26)16-17-2-8-20(24)9-3-17/h2-9H,1,10-16H2. The van der Waals surface area contributed by atoms with E-state index in [0.717, 1.165) is 67.6 Å². The zero-order valence-electron chi connectivity index (χ0n) is 15.3. The number of hydrogen-bond donors (Lipinski definition) is 0. The van der Waals surface area contributed by atoms with Gasteiger partial charge in [0, 0.05) is 37.2 Å². The molecule has 27 heavy (non-hydrogen) atoms. The molecular formula is C22H24BrFN2O. The van der Waals surface area contributed by atoms with Gasteiger partial charge in [-0.15, -0.1) is 0 Å². The lowest BCUT2D eigenvalue weighted by Crippen LogP contribution is -2.41. The van der Waals surface area contributed by atoms with Gasteiger partial charge in [0.15, 0.2) is 0 Å². The fourth-order valence-electron chi connectivity index (χ4n) is 4.00. The highest BCUT2D eigenvalue weighted by atomic mass is 79.9. The molecule has 0 aromatic heterocycles. The Morgan fingerprint density at radius 1 is 0.963 bits per heavy atom. The van der Waals surface area contributed by atoms with Gasteiger partial charge in [-0.2, -0.15) is 0 Å². The summed E-state index contributed by atoms with van der Waals surface area (Å²) in [6, 6.07) is 14.9. The van der Waals surface area contributed by atoms with Crippen LogP contribution in [0.4, 0.5) is 4.39 Å². The van der Waals surface area contributed by atoms with Gasteiger partial charge in [0.2, 0.25) is 5.91 Å². The summed E-state index contributed by atoms with van der Waals surface area (Å²) in [5.74, 6) is 0.0857. The normalized spacial score (nSPS) is 19.6. The molecule has 1 heterocycles. The van der Waals surface area contributed by atoms with E-state index in [1.54, 1.807) is 0 Å². The Morgan fingerprint density at radius 2 is 1.67 bits per heavy atom. The minimum absolute atomic E-state index is 0.200. The molecule has 2 aromatic carbocycles. The summed E-state index contributed by atoms with van der Waals surface area (Å²) in [7, 11) is 0. The van der Waals surface area contributed by atoms with Crippen LogP contribution in [0.1, 0.15) is 30.4 Å².